The van der Waals surface area contributed by atoms with Gasteiger partial charge in [-0.1, -0.05) is 272 Å². The van der Waals surface area contributed by atoms with E-state index in [9.17, 15) is 14.4 Å². The number of unbranched alkanes of at least 4 members (excludes halogenated alkanes) is 34. The number of hydrogen-bond acceptors (Lipinski definition) is 6. The normalized spacial score (nSPS) is 12.5. The predicted molar refractivity (Wildman–Crippen MR) is 266 cm³/mol. The van der Waals surface area contributed by atoms with Gasteiger partial charge < -0.3 is 14.2 Å². The number of carbonyl (C=O) groups excluding carboxylic acids is 3. The highest BCUT2D eigenvalue weighted by molar-refractivity contribution is 5.71. The van der Waals surface area contributed by atoms with Gasteiger partial charge in [0.25, 0.3) is 0 Å². The van der Waals surface area contributed by atoms with Gasteiger partial charge in [-0.3, -0.25) is 14.4 Å². The summed E-state index contributed by atoms with van der Waals surface area (Å²) in [5, 5.41) is 0. The Balaban J connectivity index is 4.26. The number of ether oxygens (including phenoxy) is 3. The van der Waals surface area contributed by atoms with Gasteiger partial charge in [-0.25, -0.2) is 0 Å². The van der Waals surface area contributed by atoms with E-state index < -0.39 is 6.10 Å². The Kier molecular flexibility index (Phi) is 47.6. The van der Waals surface area contributed by atoms with Crippen LogP contribution in [0.15, 0.2) is 0 Å². The van der Waals surface area contributed by atoms with Crippen LogP contribution in [0.1, 0.15) is 311 Å². The van der Waals surface area contributed by atoms with Crippen molar-refractivity contribution in [2.45, 2.75) is 317 Å². The van der Waals surface area contributed by atoms with Crippen molar-refractivity contribution in [2.75, 3.05) is 13.2 Å². The van der Waals surface area contributed by atoms with Gasteiger partial charge in [-0.05, 0) is 31.1 Å². The molecule has 1 unspecified atom stereocenters. The molecule has 0 aromatic carbocycles. The third-order valence-corrected chi connectivity index (χ3v) is 13.1. The Labute approximate surface area is 387 Å². The zero-order valence-electron chi connectivity index (χ0n) is 42.5. The molecule has 0 rings (SSSR count). The van der Waals surface area contributed by atoms with E-state index in [1.807, 2.05) is 0 Å². The molecule has 0 aromatic heterocycles. The van der Waals surface area contributed by atoms with Crippen LogP contribution >= 0.6 is 0 Å². The molecular formula is C56H108O6. The molecule has 0 bridgehead atoms. The zero-order valence-corrected chi connectivity index (χ0v) is 42.5. The van der Waals surface area contributed by atoms with Crippen molar-refractivity contribution in [2.24, 2.45) is 11.8 Å². The van der Waals surface area contributed by atoms with Crippen molar-refractivity contribution in [1.82, 2.24) is 0 Å². The largest absolute Gasteiger partial charge is 0.462 e. The van der Waals surface area contributed by atoms with E-state index in [2.05, 4.69) is 34.6 Å². The summed E-state index contributed by atoms with van der Waals surface area (Å²) >= 11 is 0. The molecule has 62 heavy (non-hydrogen) atoms. The number of carbonyl (C=O) groups is 3. The summed E-state index contributed by atoms with van der Waals surface area (Å²) in [6, 6.07) is 0. The SMILES string of the molecule is CCCCCCCCCCCCCCCCCCC(=O)OC[C@H](COC(=O)CCCCCCCCCC(C)C)OC(=O)CCCCCCCCCCCCCCCCC(C)CC. The van der Waals surface area contributed by atoms with Crippen LogP contribution in [0.3, 0.4) is 0 Å². The maximum absolute atomic E-state index is 12.8. The van der Waals surface area contributed by atoms with Gasteiger partial charge in [0.15, 0.2) is 6.10 Å². The molecule has 0 aliphatic carbocycles. The molecule has 368 valence electrons. The summed E-state index contributed by atoms with van der Waals surface area (Å²) in [5.41, 5.74) is 0. The molecule has 6 heteroatoms. The lowest BCUT2D eigenvalue weighted by Crippen LogP contribution is -2.30. The summed E-state index contributed by atoms with van der Waals surface area (Å²) in [4.78, 5) is 38.0. The Morgan fingerprint density at radius 2 is 0.613 bits per heavy atom. The highest BCUT2D eigenvalue weighted by Crippen LogP contribution is 2.18. The average molecular weight is 877 g/mol. The molecule has 0 N–H and O–H groups in total. The van der Waals surface area contributed by atoms with Crippen molar-refractivity contribution in [1.29, 1.82) is 0 Å². The van der Waals surface area contributed by atoms with Crippen molar-refractivity contribution in [3.8, 4) is 0 Å². The van der Waals surface area contributed by atoms with E-state index in [4.69, 9.17) is 14.2 Å². The van der Waals surface area contributed by atoms with Gasteiger partial charge in [-0.15, -0.1) is 0 Å². The van der Waals surface area contributed by atoms with Crippen LogP contribution < -0.4 is 0 Å². The fourth-order valence-electron chi connectivity index (χ4n) is 8.49. The third-order valence-electron chi connectivity index (χ3n) is 13.1. The Hall–Kier alpha value is -1.59. The van der Waals surface area contributed by atoms with E-state index in [-0.39, 0.29) is 31.1 Å². The minimum atomic E-state index is -0.762. The highest BCUT2D eigenvalue weighted by atomic mass is 16.6. The van der Waals surface area contributed by atoms with Crippen LogP contribution in [0.4, 0.5) is 0 Å². The second-order valence-electron chi connectivity index (χ2n) is 19.9. The molecule has 0 radical (unpaired) electrons. The second kappa shape index (κ2) is 48.9. The molecule has 0 amide bonds. The Morgan fingerprint density at radius 1 is 0.339 bits per heavy atom. The first kappa shape index (κ1) is 60.4. The summed E-state index contributed by atoms with van der Waals surface area (Å²) < 4.78 is 16.8. The average Bonchev–Trinajstić information content (AvgIpc) is 3.26. The minimum absolute atomic E-state index is 0.0636. The lowest BCUT2D eigenvalue weighted by molar-refractivity contribution is -0.167. The quantitative estimate of drug-likeness (QED) is 0.0344. The molecule has 0 aliphatic rings. The van der Waals surface area contributed by atoms with Crippen molar-refractivity contribution < 1.29 is 28.6 Å². The molecule has 0 heterocycles. The molecule has 0 aliphatic heterocycles. The lowest BCUT2D eigenvalue weighted by atomic mass is 9.99. The maximum Gasteiger partial charge on any atom is 0.306 e. The molecule has 2 atom stereocenters. The van der Waals surface area contributed by atoms with Crippen LogP contribution in [0.2, 0.25) is 0 Å². The van der Waals surface area contributed by atoms with E-state index in [0.717, 1.165) is 69.6 Å². The van der Waals surface area contributed by atoms with Gasteiger partial charge in [-0.2, -0.15) is 0 Å². The first-order chi connectivity index (χ1) is 30.3. The van der Waals surface area contributed by atoms with E-state index >= 15 is 0 Å². The smallest absolute Gasteiger partial charge is 0.306 e. The fraction of sp³-hybridized carbons (Fsp3) is 0.946. The lowest BCUT2D eigenvalue weighted by Gasteiger charge is -2.18. The Morgan fingerprint density at radius 3 is 0.919 bits per heavy atom. The zero-order chi connectivity index (χ0) is 45.4. The van der Waals surface area contributed by atoms with Gasteiger partial charge in [0.1, 0.15) is 13.2 Å². The molecular weight excluding hydrogens is 769 g/mol. The van der Waals surface area contributed by atoms with Gasteiger partial charge in [0, 0.05) is 19.3 Å². The van der Waals surface area contributed by atoms with Crippen LogP contribution in [0.5, 0.6) is 0 Å². The topological polar surface area (TPSA) is 78.9 Å². The van der Waals surface area contributed by atoms with E-state index in [0.29, 0.717) is 19.3 Å². The molecule has 0 spiro atoms. The Bertz CT molecular complexity index is 949. The molecule has 0 saturated carbocycles. The number of rotatable bonds is 50. The third kappa shape index (κ3) is 47.9. The molecule has 0 saturated heterocycles. The minimum Gasteiger partial charge on any atom is -0.462 e. The monoisotopic (exact) mass is 877 g/mol. The van der Waals surface area contributed by atoms with Crippen molar-refractivity contribution in [3.63, 3.8) is 0 Å². The van der Waals surface area contributed by atoms with E-state index in [1.165, 1.54) is 199 Å². The summed E-state index contributed by atoms with van der Waals surface area (Å²) in [7, 11) is 0. The summed E-state index contributed by atoms with van der Waals surface area (Å²) in [6.07, 6.45) is 50.9. The van der Waals surface area contributed by atoms with Crippen molar-refractivity contribution >= 4 is 17.9 Å². The first-order valence-corrected chi connectivity index (χ1v) is 27.8. The fourth-order valence-corrected chi connectivity index (χ4v) is 8.49. The van der Waals surface area contributed by atoms with Gasteiger partial charge in [0.05, 0.1) is 0 Å². The second-order valence-corrected chi connectivity index (χ2v) is 19.9. The van der Waals surface area contributed by atoms with Crippen molar-refractivity contribution in [3.05, 3.63) is 0 Å². The van der Waals surface area contributed by atoms with Gasteiger partial charge >= 0.3 is 17.9 Å². The standard InChI is InChI=1S/C56H108O6/c1-6-8-9-10-11-12-13-14-15-16-20-23-26-31-36-41-46-54(57)60-49-53(50-61-55(58)47-42-37-33-28-29-34-39-44-51(3)4)62-56(59)48-43-38-32-27-24-21-18-17-19-22-25-30-35-40-45-52(5)7-2/h51-53H,6-50H2,1-5H3/t52?,53-/m1/s1. The van der Waals surface area contributed by atoms with Crippen LogP contribution in [-0.4, -0.2) is 37.2 Å². The maximum atomic E-state index is 12.8. The summed E-state index contributed by atoms with van der Waals surface area (Å²) in [6.45, 7) is 11.4. The first-order valence-electron chi connectivity index (χ1n) is 27.8. The van der Waals surface area contributed by atoms with Crippen LogP contribution in [0.25, 0.3) is 0 Å². The number of hydrogen-bond donors (Lipinski definition) is 0. The highest BCUT2D eigenvalue weighted by Gasteiger charge is 2.19. The van der Waals surface area contributed by atoms with Gasteiger partial charge in [0.2, 0.25) is 0 Å². The van der Waals surface area contributed by atoms with E-state index in [1.54, 1.807) is 0 Å². The predicted octanol–water partition coefficient (Wildman–Crippen LogP) is 18.1. The molecule has 0 aromatic rings. The van der Waals surface area contributed by atoms with Crippen LogP contribution in [0, 0.1) is 11.8 Å². The number of esters is 3. The van der Waals surface area contributed by atoms with Crippen LogP contribution in [-0.2, 0) is 28.6 Å². The molecule has 0 fully saturated rings. The summed E-state index contributed by atoms with van der Waals surface area (Å²) in [5.74, 6) is 0.830. The molecule has 6 nitrogen and oxygen atoms in total.